The minimum atomic E-state index is -0.318. The number of carbonyl (C=O) groups excluding carboxylic acids is 2. The molecular formula is C23H25N5O2. The Balaban J connectivity index is 1.37. The second-order valence-corrected chi connectivity index (χ2v) is 7.61. The van der Waals surface area contributed by atoms with Crippen LogP contribution < -0.4 is 10.6 Å². The zero-order chi connectivity index (χ0) is 20.8. The second-order valence-electron chi connectivity index (χ2n) is 7.61. The van der Waals surface area contributed by atoms with Crippen LogP contribution in [0.15, 0.2) is 60.9 Å². The molecule has 0 unspecified atom stereocenters. The third kappa shape index (κ3) is 5.11. The van der Waals surface area contributed by atoms with Gasteiger partial charge in [0.25, 0.3) is 5.91 Å². The van der Waals surface area contributed by atoms with E-state index in [4.69, 9.17) is 0 Å². The number of nitrogens with one attached hydrogen (secondary N) is 2. The van der Waals surface area contributed by atoms with Crippen LogP contribution >= 0.6 is 0 Å². The molecule has 7 heteroatoms. The predicted octanol–water partition coefficient (Wildman–Crippen LogP) is 4.10. The highest BCUT2D eigenvalue weighted by atomic mass is 16.2. The number of benzene rings is 2. The summed E-state index contributed by atoms with van der Waals surface area (Å²) in [4.78, 5) is 29.2. The SMILES string of the molecule is O=C(Nc1ncn(Cc2ccccc2)n1)c1cccc(NC(=O)C2CCCCC2)c1. The van der Waals surface area contributed by atoms with Crippen molar-refractivity contribution >= 4 is 23.5 Å². The maximum Gasteiger partial charge on any atom is 0.258 e. The molecule has 7 nitrogen and oxygen atoms in total. The fraction of sp³-hybridized carbons (Fsp3) is 0.304. The highest BCUT2D eigenvalue weighted by Gasteiger charge is 2.21. The summed E-state index contributed by atoms with van der Waals surface area (Å²) in [5.74, 6) is 0.0244. The lowest BCUT2D eigenvalue weighted by Crippen LogP contribution is -2.24. The Morgan fingerprint density at radius 1 is 0.967 bits per heavy atom. The summed E-state index contributed by atoms with van der Waals surface area (Å²) in [6.07, 6.45) is 6.86. The number of hydrogen-bond acceptors (Lipinski definition) is 4. The standard InChI is InChI=1S/C23H25N5O2/c29-21(18-10-5-2-6-11-18)25-20-13-7-12-19(14-20)22(30)26-23-24-16-28(27-23)15-17-8-3-1-4-9-17/h1,3-4,7-9,12-14,16,18H,2,5-6,10-11,15H2,(H,25,29)(H,26,27,30). The molecule has 1 saturated carbocycles. The van der Waals surface area contributed by atoms with Crippen molar-refractivity contribution < 1.29 is 9.59 Å². The summed E-state index contributed by atoms with van der Waals surface area (Å²) in [6.45, 7) is 0.576. The predicted molar refractivity (Wildman–Crippen MR) is 115 cm³/mol. The molecule has 0 bridgehead atoms. The lowest BCUT2D eigenvalue weighted by atomic mass is 9.88. The molecule has 0 atom stereocenters. The first-order chi connectivity index (χ1) is 14.7. The van der Waals surface area contributed by atoms with Gasteiger partial charge in [0.05, 0.1) is 6.54 Å². The third-order valence-corrected chi connectivity index (χ3v) is 5.32. The van der Waals surface area contributed by atoms with Crippen LogP contribution in [-0.2, 0) is 11.3 Å². The lowest BCUT2D eigenvalue weighted by Gasteiger charge is -2.20. The van der Waals surface area contributed by atoms with Gasteiger partial charge in [-0.15, -0.1) is 5.10 Å². The first-order valence-corrected chi connectivity index (χ1v) is 10.3. The van der Waals surface area contributed by atoms with Crippen molar-refractivity contribution in [1.82, 2.24) is 14.8 Å². The Labute approximate surface area is 175 Å². The van der Waals surface area contributed by atoms with Crippen LogP contribution in [0.1, 0.15) is 48.0 Å². The van der Waals surface area contributed by atoms with E-state index in [1.54, 1.807) is 35.3 Å². The molecule has 1 fully saturated rings. The highest BCUT2D eigenvalue weighted by Crippen LogP contribution is 2.25. The molecule has 154 valence electrons. The number of nitrogens with zero attached hydrogens (tertiary/aromatic N) is 3. The van der Waals surface area contributed by atoms with E-state index in [9.17, 15) is 9.59 Å². The van der Waals surface area contributed by atoms with Crippen LogP contribution in [0.3, 0.4) is 0 Å². The fourth-order valence-corrected chi connectivity index (χ4v) is 3.72. The third-order valence-electron chi connectivity index (χ3n) is 5.32. The number of amides is 2. The molecule has 2 amide bonds. The topological polar surface area (TPSA) is 88.9 Å². The maximum atomic E-state index is 12.6. The van der Waals surface area contributed by atoms with Crippen LogP contribution in [-0.4, -0.2) is 26.6 Å². The van der Waals surface area contributed by atoms with Crippen molar-refractivity contribution in [1.29, 1.82) is 0 Å². The number of rotatable bonds is 6. The average Bonchev–Trinajstić information content (AvgIpc) is 3.22. The Hall–Kier alpha value is -3.48. The summed E-state index contributed by atoms with van der Waals surface area (Å²) < 4.78 is 1.67. The van der Waals surface area contributed by atoms with E-state index in [1.165, 1.54) is 6.42 Å². The van der Waals surface area contributed by atoms with Crippen LogP contribution in [0, 0.1) is 5.92 Å². The van der Waals surface area contributed by atoms with E-state index < -0.39 is 0 Å². The van der Waals surface area contributed by atoms with E-state index in [1.807, 2.05) is 30.3 Å². The van der Waals surface area contributed by atoms with Gasteiger partial charge in [-0.3, -0.25) is 14.9 Å². The molecule has 1 aromatic heterocycles. The van der Waals surface area contributed by atoms with Crippen molar-refractivity contribution in [2.24, 2.45) is 5.92 Å². The van der Waals surface area contributed by atoms with Gasteiger partial charge in [-0.25, -0.2) is 9.67 Å². The summed E-state index contributed by atoms with van der Waals surface area (Å²) in [6, 6.07) is 16.8. The number of hydrogen-bond donors (Lipinski definition) is 2. The van der Waals surface area contributed by atoms with Crippen molar-refractivity contribution in [3.8, 4) is 0 Å². The van der Waals surface area contributed by atoms with Crippen LogP contribution in [0.25, 0.3) is 0 Å². The largest absolute Gasteiger partial charge is 0.326 e. The van der Waals surface area contributed by atoms with Crippen molar-refractivity contribution in [2.75, 3.05) is 10.6 Å². The minimum Gasteiger partial charge on any atom is -0.326 e. The van der Waals surface area contributed by atoms with E-state index >= 15 is 0 Å². The molecule has 4 rings (SSSR count). The van der Waals surface area contributed by atoms with Crippen LogP contribution in [0.2, 0.25) is 0 Å². The van der Waals surface area contributed by atoms with Gasteiger partial charge in [0.2, 0.25) is 11.9 Å². The number of anilines is 2. The molecule has 3 aromatic rings. The second kappa shape index (κ2) is 9.35. The van der Waals surface area contributed by atoms with E-state index in [2.05, 4.69) is 20.7 Å². The number of carbonyl (C=O) groups is 2. The van der Waals surface area contributed by atoms with E-state index in [0.717, 1.165) is 31.2 Å². The van der Waals surface area contributed by atoms with Crippen LogP contribution in [0.4, 0.5) is 11.6 Å². The van der Waals surface area contributed by atoms with Crippen LogP contribution in [0.5, 0.6) is 0 Å². The molecule has 2 N–H and O–H groups in total. The molecular weight excluding hydrogens is 378 g/mol. The van der Waals surface area contributed by atoms with E-state index in [-0.39, 0.29) is 23.7 Å². The van der Waals surface area contributed by atoms with Gasteiger partial charge in [0, 0.05) is 17.2 Å². The van der Waals surface area contributed by atoms with Crippen molar-refractivity contribution in [3.63, 3.8) is 0 Å². The Kier molecular flexibility index (Phi) is 6.17. The highest BCUT2D eigenvalue weighted by molar-refractivity contribution is 6.04. The fourth-order valence-electron chi connectivity index (χ4n) is 3.72. The molecule has 0 saturated heterocycles. The maximum absolute atomic E-state index is 12.6. The zero-order valence-corrected chi connectivity index (χ0v) is 16.8. The van der Waals surface area contributed by atoms with Gasteiger partial charge in [-0.05, 0) is 36.6 Å². The molecule has 0 aliphatic heterocycles. The van der Waals surface area contributed by atoms with Gasteiger partial charge in [-0.1, -0.05) is 55.7 Å². The van der Waals surface area contributed by atoms with Crippen molar-refractivity contribution in [2.45, 2.75) is 38.6 Å². The lowest BCUT2D eigenvalue weighted by molar-refractivity contribution is -0.120. The minimum absolute atomic E-state index is 0.0357. The molecule has 2 aromatic carbocycles. The normalized spacial score (nSPS) is 14.3. The van der Waals surface area contributed by atoms with Gasteiger partial charge in [-0.2, -0.15) is 0 Å². The quantitative estimate of drug-likeness (QED) is 0.649. The Morgan fingerprint density at radius 2 is 1.77 bits per heavy atom. The summed E-state index contributed by atoms with van der Waals surface area (Å²) in [5, 5.41) is 9.97. The zero-order valence-electron chi connectivity index (χ0n) is 16.8. The summed E-state index contributed by atoms with van der Waals surface area (Å²) in [7, 11) is 0. The first kappa shape index (κ1) is 19.8. The number of aromatic nitrogens is 3. The summed E-state index contributed by atoms with van der Waals surface area (Å²) >= 11 is 0. The smallest absolute Gasteiger partial charge is 0.258 e. The molecule has 1 heterocycles. The molecule has 0 radical (unpaired) electrons. The Bertz CT molecular complexity index is 1010. The first-order valence-electron chi connectivity index (χ1n) is 10.3. The monoisotopic (exact) mass is 403 g/mol. The molecule has 1 aliphatic carbocycles. The van der Waals surface area contributed by atoms with Gasteiger partial charge >= 0.3 is 0 Å². The van der Waals surface area contributed by atoms with Gasteiger partial charge < -0.3 is 5.32 Å². The van der Waals surface area contributed by atoms with Crippen molar-refractivity contribution in [3.05, 3.63) is 72.1 Å². The molecule has 1 aliphatic rings. The molecule has 30 heavy (non-hydrogen) atoms. The molecule has 0 spiro atoms. The summed E-state index contributed by atoms with van der Waals surface area (Å²) in [5.41, 5.74) is 2.17. The van der Waals surface area contributed by atoms with E-state index in [0.29, 0.717) is 17.8 Å². The average molecular weight is 403 g/mol. The Morgan fingerprint density at radius 3 is 2.57 bits per heavy atom. The van der Waals surface area contributed by atoms with Gasteiger partial charge in [0.1, 0.15) is 6.33 Å². The van der Waals surface area contributed by atoms with Gasteiger partial charge in [0.15, 0.2) is 0 Å².